The fourth-order valence-corrected chi connectivity index (χ4v) is 2.43. The first-order chi connectivity index (χ1) is 8.58. The highest BCUT2D eigenvalue weighted by atomic mass is 79.9. The van der Waals surface area contributed by atoms with Gasteiger partial charge < -0.3 is 9.64 Å². The van der Waals surface area contributed by atoms with Crippen LogP contribution in [0.5, 0.6) is 5.75 Å². The van der Waals surface area contributed by atoms with Crippen LogP contribution >= 0.6 is 15.9 Å². The fraction of sp³-hybridized carbons (Fsp3) is 0.333. The van der Waals surface area contributed by atoms with E-state index in [2.05, 4.69) is 15.9 Å². The summed E-state index contributed by atoms with van der Waals surface area (Å²) in [7, 11) is 3.27. The van der Waals surface area contributed by atoms with Crippen molar-refractivity contribution < 1.29 is 9.53 Å². The van der Waals surface area contributed by atoms with Crippen LogP contribution in [0.15, 0.2) is 22.7 Å². The van der Waals surface area contributed by atoms with Crippen molar-refractivity contribution >= 4 is 22.0 Å². The van der Waals surface area contributed by atoms with E-state index in [0.29, 0.717) is 12.3 Å². The molecule has 2 amide bonds. The standard InChI is InChI=1S/C12H12BrN3O2/c1-15-10(6-16(7-14)12(15)17)9-5-8(13)3-4-11(9)18-2/h3-5,10H,6H2,1-2H3. The summed E-state index contributed by atoms with van der Waals surface area (Å²) in [6, 6.07) is 5.16. The summed E-state index contributed by atoms with van der Waals surface area (Å²) < 4.78 is 6.22. The maximum absolute atomic E-state index is 11.8. The molecule has 1 unspecified atom stereocenters. The summed E-state index contributed by atoms with van der Waals surface area (Å²) in [5.74, 6) is 0.711. The Hall–Kier alpha value is -1.74. The number of likely N-dealkylation sites (N-methyl/N-ethyl adjacent to an activating group) is 1. The van der Waals surface area contributed by atoms with E-state index in [9.17, 15) is 4.79 Å². The van der Waals surface area contributed by atoms with Crippen molar-refractivity contribution in [3.05, 3.63) is 28.2 Å². The molecule has 0 spiro atoms. The first-order valence-electron chi connectivity index (χ1n) is 5.36. The molecule has 0 N–H and O–H groups in total. The molecular weight excluding hydrogens is 298 g/mol. The number of benzene rings is 1. The normalized spacial score (nSPS) is 19.0. The second kappa shape index (κ2) is 4.86. The van der Waals surface area contributed by atoms with E-state index in [1.807, 2.05) is 24.4 Å². The lowest BCUT2D eigenvalue weighted by Crippen LogP contribution is -2.26. The van der Waals surface area contributed by atoms with Crippen LogP contribution in [0.4, 0.5) is 4.79 Å². The van der Waals surface area contributed by atoms with Crippen LogP contribution in [-0.4, -0.2) is 36.5 Å². The number of carbonyl (C=O) groups excluding carboxylic acids is 1. The molecule has 5 nitrogen and oxygen atoms in total. The molecule has 1 atom stereocenters. The maximum atomic E-state index is 11.8. The largest absolute Gasteiger partial charge is 0.496 e. The van der Waals surface area contributed by atoms with Crippen molar-refractivity contribution in [3.8, 4) is 11.9 Å². The van der Waals surface area contributed by atoms with Gasteiger partial charge in [0.25, 0.3) is 0 Å². The number of amides is 2. The quantitative estimate of drug-likeness (QED) is 0.788. The van der Waals surface area contributed by atoms with Crippen LogP contribution in [0, 0.1) is 11.5 Å². The van der Waals surface area contributed by atoms with Gasteiger partial charge in [0.1, 0.15) is 5.75 Å². The van der Waals surface area contributed by atoms with Crippen molar-refractivity contribution in [1.29, 1.82) is 5.26 Å². The van der Waals surface area contributed by atoms with Gasteiger partial charge in [-0.15, -0.1) is 0 Å². The van der Waals surface area contributed by atoms with Crippen LogP contribution in [0.1, 0.15) is 11.6 Å². The molecule has 0 aromatic heterocycles. The topological polar surface area (TPSA) is 56.6 Å². The molecule has 94 valence electrons. The Morgan fingerprint density at radius 1 is 1.56 bits per heavy atom. The molecule has 1 fully saturated rings. The van der Waals surface area contributed by atoms with Gasteiger partial charge in [-0.2, -0.15) is 5.26 Å². The van der Waals surface area contributed by atoms with E-state index in [4.69, 9.17) is 10.00 Å². The number of urea groups is 1. The van der Waals surface area contributed by atoms with Gasteiger partial charge in [-0.1, -0.05) is 15.9 Å². The van der Waals surface area contributed by atoms with Crippen LogP contribution in [0.3, 0.4) is 0 Å². The molecule has 1 aliphatic heterocycles. The Bertz CT molecular complexity index is 527. The Kier molecular flexibility index (Phi) is 3.43. The molecule has 6 heteroatoms. The number of hydrogen-bond donors (Lipinski definition) is 0. The molecule has 1 aromatic rings. The molecule has 0 saturated carbocycles. The molecule has 18 heavy (non-hydrogen) atoms. The van der Waals surface area contributed by atoms with Crippen molar-refractivity contribution in [1.82, 2.24) is 9.80 Å². The average molecular weight is 310 g/mol. The van der Waals surface area contributed by atoms with Gasteiger partial charge in [0.15, 0.2) is 6.19 Å². The summed E-state index contributed by atoms with van der Waals surface area (Å²) in [5.41, 5.74) is 0.889. The lowest BCUT2D eigenvalue weighted by Gasteiger charge is -2.20. The summed E-state index contributed by atoms with van der Waals surface area (Å²) >= 11 is 3.40. The predicted molar refractivity (Wildman–Crippen MR) is 68.9 cm³/mol. The Morgan fingerprint density at radius 3 is 2.83 bits per heavy atom. The zero-order chi connectivity index (χ0) is 13.3. The van der Waals surface area contributed by atoms with Gasteiger partial charge in [-0.3, -0.25) is 0 Å². The van der Waals surface area contributed by atoms with E-state index in [1.165, 1.54) is 0 Å². The minimum atomic E-state index is -0.287. The van der Waals surface area contributed by atoms with Crippen LogP contribution in [0.2, 0.25) is 0 Å². The smallest absolute Gasteiger partial charge is 0.333 e. The number of nitrogens with zero attached hydrogens (tertiary/aromatic N) is 3. The van der Waals surface area contributed by atoms with Gasteiger partial charge in [0.2, 0.25) is 0 Å². The van der Waals surface area contributed by atoms with E-state index in [0.717, 1.165) is 14.9 Å². The Balaban J connectivity index is 2.41. The molecular formula is C12H12BrN3O2. The third-order valence-corrected chi connectivity index (χ3v) is 3.52. The number of ether oxygens (including phenoxy) is 1. The number of carbonyl (C=O) groups is 1. The molecule has 1 aromatic carbocycles. The summed E-state index contributed by atoms with van der Waals surface area (Å²) in [6.07, 6.45) is 1.89. The van der Waals surface area contributed by atoms with Gasteiger partial charge in [0.05, 0.1) is 19.7 Å². The second-order valence-electron chi connectivity index (χ2n) is 4.01. The van der Waals surface area contributed by atoms with Gasteiger partial charge in [-0.05, 0) is 18.2 Å². The monoisotopic (exact) mass is 309 g/mol. The highest BCUT2D eigenvalue weighted by Crippen LogP contribution is 2.35. The molecule has 2 rings (SSSR count). The molecule has 1 saturated heterocycles. The van der Waals surface area contributed by atoms with Crippen molar-refractivity contribution in [2.24, 2.45) is 0 Å². The van der Waals surface area contributed by atoms with Gasteiger partial charge >= 0.3 is 6.03 Å². The number of methoxy groups -OCH3 is 1. The van der Waals surface area contributed by atoms with Gasteiger partial charge in [-0.25, -0.2) is 9.69 Å². The molecule has 0 aliphatic carbocycles. The zero-order valence-electron chi connectivity index (χ0n) is 10.1. The Morgan fingerprint density at radius 2 is 2.28 bits per heavy atom. The van der Waals surface area contributed by atoms with Crippen molar-refractivity contribution in [2.45, 2.75) is 6.04 Å². The first kappa shape index (κ1) is 12.7. The van der Waals surface area contributed by atoms with Crippen molar-refractivity contribution in [2.75, 3.05) is 20.7 Å². The number of rotatable bonds is 2. The predicted octanol–water partition coefficient (Wildman–Crippen LogP) is 2.35. The second-order valence-corrected chi connectivity index (χ2v) is 4.92. The van der Waals surface area contributed by atoms with Crippen LogP contribution in [0.25, 0.3) is 0 Å². The van der Waals surface area contributed by atoms with Crippen molar-refractivity contribution in [3.63, 3.8) is 0 Å². The number of halogens is 1. The molecule has 1 aliphatic rings. The highest BCUT2D eigenvalue weighted by molar-refractivity contribution is 9.10. The average Bonchev–Trinajstić information content (AvgIpc) is 2.66. The van der Waals surface area contributed by atoms with E-state index in [1.54, 1.807) is 19.1 Å². The van der Waals surface area contributed by atoms with E-state index in [-0.39, 0.29) is 12.1 Å². The molecule has 0 bridgehead atoms. The van der Waals surface area contributed by atoms with Crippen LogP contribution in [-0.2, 0) is 0 Å². The van der Waals surface area contributed by atoms with E-state index >= 15 is 0 Å². The maximum Gasteiger partial charge on any atom is 0.333 e. The lowest BCUT2D eigenvalue weighted by atomic mass is 10.1. The highest BCUT2D eigenvalue weighted by Gasteiger charge is 2.37. The first-order valence-corrected chi connectivity index (χ1v) is 6.15. The Labute approximate surface area is 114 Å². The van der Waals surface area contributed by atoms with Gasteiger partial charge in [0, 0.05) is 17.1 Å². The van der Waals surface area contributed by atoms with Crippen LogP contribution < -0.4 is 4.74 Å². The lowest BCUT2D eigenvalue weighted by molar-refractivity contribution is 0.205. The SMILES string of the molecule is COc1ccc(Br)cc1C1CN(C#N)C(=O)N1C. The summed E-state index contributed by atoms with van der Waals surface area (Å²) in [4.78, 5) is 14.5. The number of nitriles is 1. The molecule has 1 heterocycles. The minimum Gasteiger partial charge on any atom is -0.496 e. The fourth-order valence-electron chi connectivity index (χ4n) is 2.05. The van der Waals surface area contributed by atoms with E-state index < -0.39 is 0 Å². The zero-order valence-corrected chi connectivity index (χ0v) is 11.6. The minimum absolute atomic E-state index is 0.176. The third kappa shape index (κ3) is 2.02. The molecule has 0 radical (unpaired) electrons. The third-order valence-electron chi connectivity index (χ3n) is 3.03. The summed E-state index contributed by atoms with van der Waals surface area (Å²) in [6.45, 7) is 0.346. The number of hydrogen-bond acceptors (Lipinski definition) is 3. The summed E-state index contributed by atoms with van der Waals surface area (Å²) in [5, 5.41) is 8.89.